The van der Waals surface area contributed by atoms with E-state index in [9.17, 15) is 0 Å². The van der Waals surface area contributed by atoms with Gasteiger partial charge < -0.3 is 4.98 Å². The monoisotopic (exact) mass is 325 g/mol. The predicted octanol–water partition coefficient (Wildman–Crippen LogP) is 6.80. The summed E-state index contributed by atoms with van der Waals surface area (Å²) >= 11 is 0. The third-order valence-electron chi connectivity index (χ3n) is 4.79. The minimum atomic E-state index is 0.138. The number of rotatable bonds is 2. The Morgan fingerprint density at radius 1 is 0.680 bits per heavy atom. The highest BCUT2D eigenvalue weighted by Crippen LogP contribution is 2.39. The van der Waals surface area contributed by atoms with Crippen LogP contribution in [-0.4, -0.2) is 4.98 Å². The lowest BCUT2D eigenvalue weighted by Crippen LogP contribution is -2.10. The lowest BCUT2D eigenvalue weighted by Gasteiger charge is -2.18. The maximum Gasteiger partial charge on any atom is 0.0544 e. The fraction of sp³-hybridized carbons (Fsp3) is 0.167. The molecule has 1 aromatic heterocycles. The Kier molecular flexibility index (Phi) is 3.73. The molecule has 0 saturated carbocycles. The van der Waals surface area contributed by atoms with Crippen LogP contribution in [0.5, 0.6) is 0 Å². The molecule has 0 fully saturated rings. The number of hydrogen-bond acceptors (Lipinski definition) is 0. The summed E-state index contributed by atoms with van der Waals surface area (Å²) in [5, 5.41) is 1.28. The van der Waals surface area contributed by atoms with E-state index in [2.05, 4.69) is 105 Å². The summed E-state index contributed by atoms with van der Waals surface area (Å²) in [6.07, 6.45) is 0. The van der Waals surface area contributed by atoms with Gasteiger partial charge in [0.15, 0.2) is 0 Å². The van der Waals surface area contributed by atoms with Crippen molar-refractivity contribution in [3.8, 4) is 22.4 Å². The first kappa shape index (κ1) is 15.7. The Labute approximate surface area is 149 Å². The normalized spacial score (nSPS) is 11.8. The Morgan fingerprint density at radius 3 is 1.88 bits per heavy atom. The number of H-pyrrole nitrogens is 1. The summed E-state index contributed by atoms with van der Waals surface area (Å²) < 4.78 is 0. The van der Waals surface area contributed by atoms with Gasteiger partial charge in [-0.05, 0) is 28.2 Å². The predicted molar refractivity (Wildman–Crippen MR) is 108 cm³/mol. The fourth-order valence-corrected chi connectivity index (χ4v) is 3.39. The molecule has 0 radical (unpaired) electrons. The van der Waals surface area contributed by atoms with Crippen molar-refractivity contribution in [3.63, 3.8) is 0 Å². The molecule has 25 heavy (non-hydrogen) atoms. The topological polar surface area (TPSA) is 15.8 Å². The molecule has 0 aliphatic rings. The van der Waals surface area contributed by atoms with Crippen LogP contribution in [0.3, 0.4) is 0 Å². The van der Waals surface area contributed by atoms with E-state index < -0.39 is 0 Å². The lowest BCUT2D eigenvalue weighted by molar-refractivity contribution is 0.591. The number of benzene rings is 3. The summed E-state index contributed by atoms with van der Waals surface area (Å²) in [5.41, 5.74) is 7.62. The Morgan fingerprint density at radius 2 is 1.28 bits per heavy atom. The summed E-state index contributed by atoms with van der Waals surface area (Å²) in [6, 6.07) is 28.1. The van der Waals surface area contributed by atoms with Crippen LogP contribution in [0, 0.1) is 0 Å². The molecule has 0 bridgehead atoms. The Balaban J connectivity index is 2.02. The smallest absolute Gasteiger partial charge is 0.0544 e. The fourth-order valence-electron chi connectivity index (χ4n) is 3.39. The third kappa shape index (κ3) is 2.87. The van der Waals surface area contributed by atoms with Crippen LogP contribution in [0.15, 0.2) is 78.9 Å². The van der Waals surface area contributed by atoms with E-state index in [0.29, 0.717) is 0 Å². The highest BCUT2D eigenvalue weighted by molar-refractivity contribution is 6.04. The Hall–Kier alpha value is -2.80. The maximum atomic E-state index is 3.69. The van der Waals surface area contributed by atoms with Gasteiger partial charge in [0.2, 0.25) is 0 Å². The largest absolute Gasteiger partial charge is 0.354 e. The minimum Gasteiger partial charge on any atom is -0.354 e. The Bertz CT molecular complexity index is 1000. The van der Waals surface area contributed by atoms with E-state index >= 15 is 0 Å². The van der Waals surface area contributed by atoms with E-state index in [1.165, 1.54) is 38.9 Å². The van der Waals surface area contributed by atoms with Gasteiger partial charge in [-0.15, -0.1) is 0 Å². The number of hydrogen-bond donors (Lipinski definition) is 1. The summed E-state index contributed by atoms with van der Waals surface area (Å²) in [4.78, 5) is 3.69. The highest BCUT2D eigenvalue weighted by Gasteiger charge is 2.18. The van der Waals surface area contributed by atoms with Crippen LogP contribution in [0.25, 0.3) is 33.3 Å². The van der Waals surface area contributed by atoms with Gasteiger partial charge >= 0.3 is 0 Å². The van der Waals surface area contributed by atoms with Gasteiger partial charge in [-0.1, -0.05) is 93.6 Å². The van der Waals surface area contributed by atoms with Gasteiger partial charge in [0.25, 0.3) is 0 Å². The number of aromatic amines is 1. The molecule has 1 heteroatoms. The van der Waals surface area contributed by atoms with Gasteiger partial charge in [0.05, 0.1) is 5.69 Å². The SMILES string of the molecule is CC(C)(C)c1ccc2c(-c3ccccc3)c(-c3ccccc3)[nH]c2c1. The highest BCUT2D eigenvalue weighted by atomic mass is 14.7. The van der Waals surface area contributed by atoms with Crippen molar-refractivity contribution in [1.29, 1.82) is 0 Å². The summed E-state index contributed by atoms with van der Waals surface area (Å²) in [5.74, 6) is 0. The van der Waals surface area contributed by atoms with Gasteiger partial charge in [0, 0.05) is 16.5 Å². The van der Waals surface area contributed by atoms with Gasteiger partial charge in [-0.2, -0.15) is 0 Å². The second kappa shape index (κ2) is 5.93. The quantitative estimate of drug-likeness (QED) is 0.417. The van der Waals surface area contributed by atoms with Crippen LogP contribution in [0.1, 0.15) is 26.3 Å². The molecule has 0 unspecified atom stereocenters. The first-order valence-electron chi connectivity index (χ1n) is 8.81. The van der Waals surface area contributed by atoms with Crippen LogP contribution < -0.4 is 0 Å². The second-order valence-electron chi connectivity index (χ2n) is 7.62. The molecule has 1 heterocycles. The van der Waals surface area contributed by atoms with Crippen molar-refractivity contribution >= 4 is 10.9 Å². The number of aromatic nitrogens is 1. The standard InChI is InChI=1S/C24H23N/c1-24(2,3)19-14-15-20-21(16-19)25-23(18-12-8-5-9-13-18)22(20)17-10-6-4-7-11-17/h4-16,25H,1-3H3. The van der Waals surface area contributed by atoms with Crippen LogP contribution >= 0.6 is 0 Å². The van der Waals surface area contributed by atoms with E-state index in [1.54, 1.807) is 0 Å². The molecular weight excluding hydrogens is 302 g/mol. The number of nitrogens with one attached hydrogen (secondary N) is 1. The zero-order chi connectivity index (χ0) is 17.4. The maximum absolute atomic E-state index is 3.69. The van der Waals surface area contributed by atoms with Gasteiger partial charge in [-0.3, -0.25) is 0 Å². The molecule has 4 rings (SSSR count). The van der Waals surface area contributed by atoms with E-state index in [4.69, 9.17) is 0 Å². The van der Waals surface area contributed by atoms with Crippen molar-refractivity contribution < 1.29 is 0 Å². The molecule has 0 aliphatic heterocycles. The van der Waals surface area contributed by atoms with E-state index in [-0.39, 0.29) is 5.41 Å². The summed E-state index contributed by atoms with van der Waals surface area (Å²) in [6.45, 7) is 6.77. The van der Waals surface area contributed by atoms with Gasteiger partial charge in [0.1, 0.15) is 0 Å². The molecule has 0 spiro atoms. The molecule has 0 atom stereocenters. The zero-order valence-electron chi connectivity index (χ0n) is 15.0. The van der Waals surface area contributed by atoms with Crippen molar-refractivity contribution in [3.05, 3.63) is 84.4 Å². The molecular formula is C24H23N. The molecule has 4 aromatic rings. The molecule has 3 aromatic carbocycles. The first-order chi connectivity index (χ1) is 12.0. The molecule has 0 amide bonds. The second-order valence-corrected chi connectivity index (χ2v) is 7.62. The molecule has 0 saturated heterocycles. The van der Waals surface area contributed by atoms with Crippen molar-refractivity contribution in [2.75, 3.05) is 0 Å². The summed E-state index contributed by atoms with van der Waals surface area (Å²) in [7, 11) is 0. The molecule has 0 aliphatic carbocycles. The number of fused-ring (bicyclic) bond motifs is 1. The van der Waals surface area contributed by atoms with E-state index in [1.807, 2.05) is 0 Å². The van der Waals surface area contributed by atoms with E-state index in [0.717, 1.165) is 0 Å². The molecule has 1 N–H and O–H groups in total. The molecule has 124 valence electrons. The third-order valence-corrected chi connectivity index (χ3v) is 4.79. The lowest BCUT2D eigenvalue weighted by atomic mass is 9.86. The van der Waals surface area contributed by atoms with Crippen LogP contribution in [0.2, 0.25) is 0 Å². The van der Waals surface area contributed by atoms with Crippen molar-refractivity contribution in [2.45, 2.75) is 26.2 Å². The average Bonchev–Trinajstić information content (AvgIpc) is 3.01. The van der Waals surface area contributed by atoms with Crippen LogP contribution in [0.4, 0.5) is 0 Å². The minimum absolute atomic E-state index is 0.138. The van der Waals surface area contributed by atoms with Crippen molar-refractivity contribution in [2.24, 2.45) is 0 Å². The zero-order valence-corrected chi connectivity index (χ0v) is 15.0. The van der Waals surface area contributed by atoms with Gasteiger partial charge in [-0.25, -0.2) is 0 Å². The van der Waals surface area contributed by atoms with Crippen molar-refractivity contribution in [1.82, 2.24) is 4.98 Å². The molecule has 1 nitrogen and oxygen atoms in total. The van der Waals surface area contributed by atoms with Crippen LogP contribution in [-0.2, 0) is 5.41 Å². The first-order valence-corrected chi connectivity index (χ1v) is 8.81. The average molecular weight is 325 g/mol.